The number of hydrogen-bond donors (Lipinski definition) is 0. The van der Waals surface area contributed by atoms with Crippen LogP contribution in [0.3, 0.4) is 0 Å². The highest BCUT2D eigenvalue weighted by molar-refractivity contribution is 7.18. The number of aromatic nitrogens is 1. The molecule has 1 aromatic heterocycles. The lowest BCUT2D eigenvalue weighted by atomic mass is 10.2. The average molecular weight is 465 g/mol. The minimum Gasteiger partial charge on any atom is -1.00 e. The van der Waals surface area contributed by atoms with E-state index in [1.807, 2.05) is 11.3 Å². The first-order valence-electron chi connectivity index (χ1n) is 8.01. The topological polar surface area (TPSA) is 10.4 Å². The van der Waals surface area contributed by atoms with Crippen LogP contribution in [0.15, 0.2) is 42.5 Å². The van der Waals surface area contributed by atoms with Gasteiger partial charge in [-0.25, -0.2) is 0 Å². The first-order valence-corrected chi connectivity index (χ1v) is 8.83. The van der Waals surface area contributed by atoms with Gasteiger partial charge >= 0.3 is 0 Å². The molecule has 0 aliphatic rings. The van der Waals surface area contributed by atoms with Gasteiger partial charge < -0.3 is 33.8 Å². The minimum absolute atomic E-state index is 0. The largest absolute Gasteiger partial charge is 1.00 e. The van der Waals surface area contributed by atoms with E-state index >= 15 is 0 Å². The molecule has 0 saturated heterocycles. The van der Waals surface area contributed by atoms with Crippen molar-refractivity contribution in [3.05, 3.63) is 53.0 Å². The Kier molecular flexibility index (Phi) is 6.46. The second kappa shape index (κ2) is 8.19. The molecule has 0 aliphatic carbocycles. The summed E-state index contributed by atoms with van der Waals surface area (Å²) < 4.78 is 3.57. The van der Waals surface area contributed by atoms with E-state index in [2.05, 4.69) is 104 Å². The molecule has 0 unspecified atom stereocenters. The molecule has 3 rings (SSSR count). The summed E-state index contributed by atoms with van der Waals surface area (Å²) in [5.74, 6) is 0. The van der Waals surface area contributed by atoms with Gasteiger partial charge in [-0.15, -0.1) is 0 Å². The summed E-state index contributed by atoms with van der Waals surface area (Å²) in [5.41, 5.74) is 4.94. The maximum atomic E-state index is 2.25. The Balaban J connectivity index is 0.00000225. The van der Waals surface area contributed by atoms with Crippen LogP contribution in [-0.2, 0) is 7.05 Å². The van der Waals surface area contributed by atoms with Gasteiger partial charge in [-0.2, -0.15) is 4.57 Å². The fourth-order valence-corrected chi connectivity index (χ4v) is 3.72. The van der Waals surface area contributed by atoms with Crippen LogP contribution >= 0.6 is 11.3 Å². The normalized spacial score (nSPS) is 10.9. The SMILES string of the molecule is CN(C)c1ccc(/C=C/c2sc3cc(N(C)C)ccc3[n+]2C)cc1.[I-]. The van der Waals surface area contributed by atoms with E-state index in [0.29, 0.717) is 0 Å². The highest BCUT2D eigenvalue weighted by atomic mass is 127. The van der Waals surface area contributed by atoms with Crippen molar-refractivity contribution in [3.8, 4) is 0 Å². The van der Waals surface area contributed by atoms with E-state index < -0.39 is 0 Å². The number of halogens is 1. The molecule has 1 heterocycles. The summed E-state index contributed by atoms with van der Waals surface area (Å²) in [6.45, 7) is 0. The van der Waals surface area contributed by atoms with E-state index in [0.717, 1.165) is 0 Å². The fourth-order valence-electron chi connectivity index (χ4n) is 2.64. The van der Waals surface area contributed by atoms with Crippen molar-refractivity contribution in [1.82, 2.24) is 0 Å². The Labute approximate surface area is 171 Å². The quantitative estimate of drug-likeness (QED) is 0.421. The molecule has 0 fully saturated rings. The van der Waals surface area contributed by atoms with Gasteiger partial charge in [0, 0.05) is 51.7 Å². The summed E-state index contributed by atoms with van der Waals surface area (Å²) in [6, 6.07) is 15.2. The van der Waals surface area contributed by atoms with Crippen LogP contribution in [0.4, 0.5) is 11.4 Å². The lowest BCUT2D eigenvalue weighted by molar-refractivity contribution is -0.642. The molecule has 5 heteroatoms. The van der Waals surface area contributed by atoms with Gasteiger partial charge in [-0.05, 0) is 35.9 Å². The van der Waals surface area contributed by atoms with E-state index in [1.54, 1.807) is 0 Å². The van der Waals surface area contributed by atoms with Gasteiger partial charge in [0.15, 0.2) is 0 Å². The van der Waals surface area contributed by atoms with E-state index in [9.17, 15) is 0 Å². The molecule has 0 aliphatic heterocycles. The van der Waals surface area contributed by atoms with Gasteiger partial charge in [0.05, 0.1) is 0 Å². The molecule has 0 amide bonds. The summed E-state index contributed by atoms with van der Waals surface area (Å²) in [5, 5.41) is 1.25. The molecule has 2 aromatic carbocycles. The summed E-state index contributed by atoms with van der Waals surface area (Å²) >= 11 is 1.82. The van der Waals surface area contributed by atoms with Gasteiger partial charge in [0.2, 0.25) is 5.52 Å². The van der Waals surface area contributed by atoms with Crippen molar-refractivity contribution in [2.75, 3.05) is 38.0 Å². The molecule has 3 aromatic rings. The number of aryl methyl sites for hydroxylation is 1. The number of benzene rings is 2. The standard InChI is InChI=1S/C20H24N3S.HI/c1-21(2)16-9-6-15(7-10-16)8-13-20-23(5)18-12-11-17(22(3)4)14-19(18)24-20;/h6-14H,1-5H3;1H/q+1;/p-1. The Morgan fingerprint density at radius 1 is 0.840 bits per heavy atom. The van der Waals surface area contributed by atoms with Crippen LogP contribution in [0.2, 0.25) is 0 Å². The number of thiazole rings is 1. The third kappa shape index (κ3) is 4.33. The monoisotopic (exact) mass is 465 g/mol. The predicted molar refractivity (Wildman–Crippen MR) is 107 cm³/mol. The van der Waals surface area contributed by atoms with E-state index in [-0.39, 0.29) is 24.0 Å². The summed E-state index contributed by atoms with van der Waals surface area (Å²) in [6.07, 6.45) is 4.38. The lowest BCUT2D eigenvalue weighted by Crippen LogP contribution is -3.00. The second-order valence-electron chi connectivity index (χ2n) is 6.37. The molecule has 0 N–H and O–H groups in total. The predicted octanol–water partition coefficient (Wildman–Crippen LogP) is 1.03. The average Bonchev–Trinajstić information content (AvgIpc) is 2.89. The van der Waals surface area contributed by atoms with Crippen LogP contribution < -0.4 is 38.3 Å². The highest BCUT2D eigenvalue weighted by Crippen LogP contribution is 2.26. The van der Waals surface area contributed by atoms with Crippen molar-refractivity contribution < 1.29 is 28.5 Å². The third-order valence-electron chi connectivity index (χ3n) is 4.19. The molecule has 0 spiro atoms. The zero-order chi connectivity index (χ0) is 17.3. The van der Waals surface area contributed by atoms with Gasteiger partial charge in [0.1, 0.15) is 11.7 Å². The smallest absolute Gasteiger partial charge is 0.262 e. The Bertz CT molecular complexity index is 880. The maximum absolute atomic E-state index is 2.25. The first-order chi connectivity index (χ1) is 11.5. The van der Waals surface area contributed by atoms with Gasteiger partial charge in [-0.3, -0.25) is 0 Å². The van der Waals surface area contributed by atoms with Crippen LogP contribution in [0.25, 0.3) is 22.4 Å². The number of fused-ring (bicyclic) bond motifs is 1. The van der Waals surface area contributed by atoms with Crippen molar-refractivity contribution in [2.24, 2.45) is 7.05 Å². The van der Waals surface area contributed by atoms with Gasteiger partial charge in [0.25, 0.3) is 5.01 Å². The molecular weight excluding hydrogens is 441 g/mol. The molecule has 25 heavy (non-hydrogen) atoms. The minimum atomic E-state index is 0. The molecule has 0 atom stereocenters. The Morgan fingerprint density at radius 3 is 2.04 bits per heavy atom. The lowest BCUT2D eigenvalue weighted by Gasteiger charge is -2.11. The molecular formula is C20H24IN3S. The Morgan fingerprint density at radius 2 is 1.44 bits per heavy atom. The first kappa shape index (κ1) is 19.7. The third-order valence-corrected chi connectivity index (χ3v) is 5.36. The summed E-state index contributed by atoms with van der Waals surface area (Å²) in [4.78, 5) is 4.25. The van der Waals surface area contributed by atoms with Crippen LogP contribution in [0.5, 0.6) is 0 Å². The van der Waals surface area contributed by atoms with Crippen molar-refractivity contribution >= 4 is 45.1 Å². The van der Waals surface area contributed by atoms with Crippen molar-refractivity contribution in [1.29, 1.82) is 0 Å². The van der Waals surface area contributed by atoms with E-state index in [1.165, 1.54) is 32.2 Å². The number of anilines is 2. The molecule has 132 valence electrons. The number of rotatable bonds is 4. The number of hydrogen-bond acceptors (Lipinski definition) is 3. The zero-order valence-corrected chi connectivity index (χ0v) is 18.3. The number of nitrogens with zero attached hydrogens (tertiary/aromatic N) is 3. The maximum Gasteiger partial charge on any atom is 0.262 e. The van der Waals surface area contributed by atoms with Gasteiger partial charge in [-0.1, -0.05) is 23.5 Å². The highest BCUT2D eigenvalue weighted by Gasteiger charge is 2.15. The van der Waals surface area contributed by atoms with Crippen LogP contribution in [-0.4, -0.2) is 28.2 Å². The molecule has 3 nitrogen and oxygen atoms in total. The van der Waals surface area contributed by atoms with Crippen LogP contribution in [0, 0.1) is 0 Å². The summed E-state index contributed by atoms with van der Waals surface area (Å²) in [7, 11) is 10.4. The van der Waals surface area contributed by atoms with Crippen LogP contribution in [0.1, 0.15) is 10.6 Å². The molecule has 0 saturated carbocycles. The second-order valence-corrected chi connectivity index (χ2v) is 7.43. The molecule has 0 radical (unpaired) electrons. The van der Waals surface area contributed by atoms with E-state index in [4.69, 9.17) is 0 Å². The zero-order valence-electron chi connectivity index (χ0n) is 15.3. The van der Waals surface area contributed by atoms with Crippen molar-refractivity contribution in [2.45, 2.75) is 0 Å². The Hall–Kier alpha value is -1.60. The van der Waals surface area contributed by atoms with Crippen molar-refractivity contribution in [3.63, 3.8) is 0 Å². The fraction of sp³-hybridized carbons (Fsp3) is 0.250. The molecule has 0 bridgehead atoms.